The third-order valence-electron chi connectivity index (χ3n) is 3.63. The number of aromatic nitrogens is 4. The number of carbonyl (C=O) groups is 1. The van der Waals surface area contributed by atoms with Gasteiger partial charge < -0.3 is 4.74 Å². The van der Waals surface area contributed by atoms with Gasteiger partial charge in [0.2, 0.25) is 11.8 Å². The van der Waals surface area contributed by atoms with Gasteiger partial charge in [-0.05, 0) is 18.6 Å². The summed E-state index contributed by atoms with van der Waals surface area (Å²) in [7, 11) is -7.41. The molecule has 0 saturated carbocycles. The van der Waals surface area contributed by atoms with Crippen LogP contribution in [0.3, 0.4) is 0 Å². The summed E-state index contributed by atoms with van der Waals surface area (Å²) in [5.41, 5.74) is 0.713. The number of aryl methyl sites for hydroxylation is 1. The molecule has 2 amide bonds. The minimum absolute atomic E-state index is 0.0322. The number of pyridine rings is 1. The molecule has 3 aromatic rings. The largest absolute Gasteiger partial charge is 0.481 e. The smallest absolute Gasteiger partial charge is 0.335 e. The number of carbonyl (C=O) groups excluding carboxylic acids is 1. The van der Waals surface area contributed by atoms with Crippen LogP contribution in [0.15, 0.2) is 34.4 Å². The van der Waals surface area contributed by atoms with Crippen LogP contribution in [0.4, 0.5) is 10.7 Å². The standard InChI is InChI=1S/C15H15ClN6O6S2/c1-8-4-5-10-18-12(29(3,24)25)13(22(10)7-8)30(26,27)21-15(23)20-14-17-9(16)6-11(19-14)28-2/h4-7H,1-3H3,(H2,17,19,20,21,23). The minimum Gasteiger partial charge on any atom is -0.481 e. The van der Waals surface area contributed by atoms with Crippen LogP contribution >= 0.6 is 11.6 Å². The van der Waals surface area contributed by atoms with Crippen molar-refractivity contribution in [1.29, 1.82) is 0 Å². The van der Waals surface area contributed by atoms with Crippen molar-refractivity contribution >= 4 is 49.1 Å². The predicted molar refractivity (Wildman–Crippen MR) is 106 cm³/mol. The van der Waals surface area contributed by atoms with E-state index in [1.54, 1.807) is 17.7 Å². The summed E-state index contributed by atoms with van der Waals surface area (Å²) in [5.74, 6) is -0.297. The number of imidazole rings is 1. The van der Waals surface area contributed by atoms with Gasteiger partial charge in [0.1, 0.15) is 10.8 Å². The average molecular weight is 475 g/mol. The number of ether oxygens (including phenoxy) is 1. The Morgan fingerprint density at radius 2 is 1.87 bits per heavy atom. The first kappa shape index (κ1) is 21.7. The van der Waals surface area contributed by atoms with E-state index in [1.165, 1.54) is 25.4 Å². The summed E-state index contributed by atoms with van der Waals surface area (Å²) in [6.45, 7) is 1.68. The number of nitrogens with zero attached hydrogens (tertiary/aromatic N) is 4. The molecule has 0 aliphatic carbocycles. The molecule has 160 valence electrons. The summed E-state index contributed by atoms with van der Waals surface area (Å²) in [6.07, 6.45) is 2.20. The summed E-state index contributed by atoms with van der Waals surface area (Å²) in [5, 5.41) is 0.634. The van der Waals surface area contributed by atoms with Gasteiger partial charge in [-0.3, -0.25) is 9.72 Å². The second-order valence-corrected chi connectivity index (χ2v) is 9.96. The lowest BCUT2D eigenvalue weighted by Gasteiger charge is -2.10. The van der Waals surface area contributed by atoms with E-state index in [0.29, 0.717) is 5.56 Å². The average Bonchev–Trinajstić information content (AvgIpc) is 3.00. The number of halogens is 1. The third-order valence-corrected chi connectivity index (χ3v) is 6.29. The molecule has 0 aliphatic rings. The van der Waals surface area contributed by atoms with Crippen LogP contribution in [0.2, 0.25) is 5.15 Å². The number of urea groups is 1. The molecule has 3 aromatic heterocycles. The molecule has 3 rings (SSSR count). The predicted octanol–water partition coefficient (Wildman–Crippen LogP) is 1.01. The lowest BCUT2D eigenvalue weighted by Crippen LogP contribution is -2.36. The first-order valence-electron chi connectivity index (χ1n) is 8.02. The maximum atomic E-state index is 12.9. The number of nitrogens with one attached hydrogen (secondary N) is 2. The van der Waals surface area contributed by atoms with Crippen molar-refractivity contribution in [3.63, 3.8) is 0 Å². The van der Waals surface area contributed by atoms with E-state index >= 15 is 0 Å². The molecule has 3 heterocycles. The summed E-state index contributed by atoms with van der Waals surface area (Å²) < 4.78 is 57.7. The molecule has 0 aromatic carbocycles. The zero-order valence-corrected chi connectivity index (χ0v) is 18.1. The first-order valence-corrected chi connectivity index (χ1v) is 11.8. The van der Waals surface area contributed by atoms with E-state index in [-0.39, 0.29) is 22.6 Å². The molecule has 0 spiro atoms. The topological polar surface area (TPSA) is 162 Å². The molecule has 0 aliphatic heterocycles. The molecule has 0 radical (unpaired) electrons. The summed E-state index contributed by atoms with van der Waals surface area (Å²) in [6, 6.07) is 3.12. The molecular weight excluding hydrogens is 460 g/mol. The fourth-order valence-electron chi connectivity index (χ4n) is 2.45. The van der Waals surface area contributed by atoms with Gasteiger partial charge in [-0.25, -0.2) is 27.9 Å². The highest BCUT2D eigenvalue weighted by atomic mass is 35.5. The number of hydrogen-bond acceptors (Lipinski definition) is 9. The van der Waals surface area contributed by atoms with E-state index in [0.717, 1.165) is 10.7 Å². The molecule has 30 heavy (non-hydrogen) atoms. The van der Waals surface area contributed by atoms with Crippen LogP contribution < -0.4 is 14.8 Å². The number of sulfone groups is 1. The van der Waals surface area contributed by atoms with Gasteiger partial charge in [-0.15, -0.1) is 0 Å². The highest BCUT2D eigenvalue weighted by Gasteiger charge is 2.32. The van der Waals surface area contributed by atoms with Crippen LogP contribution in [0.25, 0.3) is 5.65 Å². The van der Waals surface area contributed by atoms with Crippen LogP contribution in [0.1, 0.15) is 5.56 Å². The Labute approximate surface area is 176 Å². The van der Waals surface area contributed by atoms with Crippen molar-refractivity contribution in [3.05, 3.63) is 35.1 Å². The Morgan fingerprint density at radius 1 is 1.17 bits per heavy atom. The third kappa shape index (κ3) is 4.44. The molecule has 15 heteroatoms. The monoisotopic (exact) mass is 474 g/mol. The fourth-order valence-corrected chi connectivity index (χ4v) is 5.15. The number of amides is 2. The number of fused-ring (bicyclic) bond motifs is 1. The SMILES string of the molecule is COc1cc(Cl)nc(NC(=O)NS(=O)(=O)c2c(S(C)(=O)=O)nc3ccc(C)cn23)n1. The minimum atomic E-state index is -4.68. The zero-order chi connectivity index (χ0) is 22.3. The van der Waals surface area contributed by atoms with Crippen molar-refractivity contribution < 1.29 is 26.4 Å². The second-order valence-electron chi connectivity index (χ2n) is 6.05. The second kappa shape index (κ2) is 7.70. The first-order chi connectivity index (χ1) is 13.9. The van der Waals surface area contributed by atoms with Crippen LogP contribution in [-0.2, 0) is 19.9 Å². The Bertz CT molecular complexity index is 1370. The van der Waals surface area contributed by atoms with Gasteiger partial charge in [-0.2, -0.15) is 13.4 Å². The van der Waals surface area contributed by atoms with Gasteiger partial charge in [0.15, 0.2) is 19.9 Å². The molecule has 0 atom stereocenters. The molecule has 12 nitrogen and oxygen atoms in total. The maximum absolute atomic E-state index is 12.9. The highest BCUT2D eigenvalue weighted by molar-refractivity contribution is 7.93. The molecule has 2 N–H and O–H groups in total. The Balaban J connectivity index is 2.01. The van der Waals surface area contributed by atoms with Crippen LogP contribution in [0.5, 0.6) is 5.88 Å². The zero-order valence-electron chi connectivity index (χ0n) is 15.7. The Hall–Kier alpha value is -2.97. The molecule has 0 saturated heterocycles. The number of methoxy groups -OCH3 is 1. The Kier molecular flexibility index (Phi) is 5.58. The van der Waals surface area contributed by atoms with E-state index in [2.05, 4.69) is 20.3 Å². The van der Waals surface area contributed by atoms with Gasteiger partial charge in [0.05, 0.1) is 7.11 Å². The normalized spacial score (nSPS) is 12.0. The van der Waals surface area contributed by atoms with Gasteiger partial charge in [0, 0.05) is 18.5 Å². The van der Waals surface area contributed by atoms with Crippen LogP contribution in [0, 0.1) is 6.92 Å². The molecule has 0 fully saturated rings. The number of sulfonamides is 1. The number of anilines is 1. The molecule has 0 bridgehead atoms. The number of rotatable bonds is 5. The van der Waals surface area contributed by atoms with Crippen molar-refractivity contribution in [1.82, 2.24) is 24.1 Å². The van der Waals surface area contributed by atoms with E-state index in [9.17, 15) is 21.6 Å². The van der Waals surface area contributed by atoms with Gasteiger partial charge in [-0.1, -0.05) is 17.7 Å². The van der Waals surface area contributed by atoms with E-state index < -0.39 is 35.9 Å². The van der Waals surface area contributed by atoms with Gasteiger partial charge in [0.25, 0.3) is 10.0 Å². The van der Waals surface area contributed by atoms with E-state index in [4.69, 9.17) is 16.3 Å². The lowest BCUT2D eigenvalue weighted by atomic mass is 10.3. The quantitative estimate of drug-likeness (QED) is 0.513. The van der Waals surface area contributed by atoms with Crippen molar-refractivity contribution in [3.8, 4) is 5.88 Å². The summed E-state index contributed by atoms with van der Waals surface area (Å²) in [4.78, 5) is 23.7. The van der Waals surface area contributed by atoms with Crippen molar-refractivity contribution in [2.24, 2.45) is 0 Å². The fraction of sp³-hybridized carbons (Fsp3) is 0.200. The lowest BCUT2D eigenvalue weighted by molar-refractivity contribution is 0.256. The summed E-state index contributed by atoms with van der Waals surface area (Å²) >= 11 is 5.78. The molecular formula is C15H15ClN6O6S2. The van der Waals surface area contributed by atoms with Gasteiger partial charge >= 0.3 is 6.03 Å². The van der Waals surface area contributed by atoms with Crippen molar-refractivity contribution in [2.75, 3.05) is 18.7 Å². The highest BCUT2D eigenvalue weighted by Crippen LogP contribution is 2.23. The molecule has 0 unspecified atom stereocenters. The van der Waals surface area contributed by atoms with E-state index in [1.807, 2.05) is 0 Å². The van der Waals surface area contributed by atoms with Crippen LogP contribution in [-0.4, -0.2) is 55.6 Å². The van der Waals surface area contributed by atoms with Crippen molar-refractivity contribution in [2.45, 2.75) is 17.0 Å². The maximum Gasteiger partial charge on any atom is 0.335 e. The Morgan fingerprint density at radius 3 is 2.50 bits per heavy atom. The number of hydrogen-bond donors (Lipinski definition) is 2.